The van der Waals surface area contributed by atoms with Crippen LogP contribution in [0.2, 0.25) is 0 Å². The minimum Gasteiger partial charge on any atom is -0.507 e. The summed E-state index contributed by atoms with van der Waals surface area (Å²) < 4.78 is 14.8. The molecular weight excluding hydrogens is 245 g/mol. The first kappa shape index (κ1) is 13.4. The highest BCUT2D eigenvalue weighted by atomic mass is 19.1. The molecule has 4 nitrogen and oxygen atoms in total. The number of phenols is 1. The molecule has 2 rings (SSSR count). The molecule has 0 saturated heterocycles. The SMILES string of the molecule is Cc1nn(C)c(C)c1NC(C)c1ccc(F)cc1O. The molecule has 1 aromatic heterocycles. The highest BCUT2D eigenvalue weighted by Gasteiger charge is 2.15. The normalized spacial score (nSPS) is 12.5. The molecule has 0 spiro atoms. The number of phenolic OH excluding ortho intramolecular Hbond substituents is 1. The zero-order chi connectivity index (χ0) is 14.2. The van der Waals surface area contributed by atoms with Gasteiger partial charge in [0.15, 0.2) is 0 Å². The largest absolute Gasteiger partial charge is 0.507 e. The Labute approximate surface area is 111 Å². The number of anilines is 1. The maximum Gasteiger partial charge on any atom is 0.126 e. The number of hydrogen-bond donors (Lipinski definition) is 2. The van der Waals surface area contributed by atoms with Gasteiger partial charge in [-0.15, -0.1) is 0 Å². The van der Waals surface area contributed by atoms with Gasteiger partial charge in [0.05, 0.1) is 23.1 Å². The van der Waals surface area contributed by atoms with Crippen LogP contribution in [0.4, 0.5) is 10.1 Å². The number of aromatic hydroxyl groups is 1. The minimum absolute atomic E-state index is 0.0424. The molecule has 1 heterocycles. The van der Waals surface area contributed by atoms with E-state index in [4.69, 9.17) is 0 Å². The molecule has 0 aliphatic carbocycles. The number of benzene rings is 1. The Kier molecular flexibility index (Phi) is 3.46. The number of rotatable bonds is 3. The molecule has 102 valence electrons. The number of nitrogens with one attached hydrogen (secondary N) is 1. The first-order valence-corrected chi connectivity index (χ1v) is 6.15. The summed E-state index contributed by atoms with van der Waals surface area (Å²) >= 11 is 0. The van der Waals surface area contributed by atoms with Crippen LogP contribution in [0.1, 0.15) is 29.9 Å². The van der Waals surface area contributed by atoms with Crippen LogP contribution in [0.3, 0.4) is 0 Å². The second kappa shape index (κ2) is 4.91. The van der Waals surface area contributed by atoms with Crippen molar-refractivity contribution in [3.05, 3.63) is 41.0 Å². The van der Waals surface area contributed by atoms with Gasteiger partial charge in [-0.1, -0.05) is 6.07 Å². The number of aromatic nitrogens is 2. The van der Waals surface area contributed by atoms with E-state index < -0.39 is 5.82 Å². The molecule has 19 heavy (non-hydrogen) atoms. The molecule has 1 unspecified atom stereocenters. The molecule has 5 heteroatoms. The van der Waals surface area contributed by atoms with Crippen LogP contribution in [-0.2, 0) is 7.05 Å². The zero-order valence-corrected chi connectivity index (χ0v) is 11.5. The number of aryl methyl sites for hydroxylation is 2. The van der Waals surface area contributed by atoms with Crippen molar-refractivity contribution in [2.75, 3.05) is 5.32 Å². The fourth-order valence-electron chi connectivity index (χ4n) is 2.16. The van der Waals surface area contributed by atoms with Crippen molar-refractivity contribution >= 4 is 5.69 Å². The van der Waals surface area contributed by atoms with Crippen molar-refractivity contribution in [1.82, 2.24) is 9.78 Å². The Hall–Kier alpha value is -2.04. The van der Waals surface area contributed by atoms with Crippen molar-refractivity contribution in [2.24, 2.45) is 7.05 Å². The Morgan fingerprint density at radius 1 is 1.37 bits per heavy atom. The van der Waals surface area contributed by atoms with Crippen LogP contribution in [0.25, 0.3) is 0 Å². The highest BCUT2D eigenvalue weighted by molar-refractivity contribution is 5.54. The van der Waals surface area contributed by atoms with E-state index in [0.29, 0.717) is 5.56 Å². The topological polar surface area (TPSA) is 50.1 Å². The maximum absolute atomic E-state index is 13.0. The lowest BCUT2D eigenvalue weighted by molar-refractivity contribution is 0.459. The Morgan fingerprint density at radius 2 is 2.05 bits per heavy atom. The van der Waals surface area contributed by atoms with Gasteiger partial charge in [0.2, 0.25) is 0 Å². The number of nitrogens with zero attached hydrogens (tertiary/aromatic N) is 2. The van der Waals surface area contributed by atoms with Crippen molar-refractivity contribution in [2.45, 2.75) is 26.8 Å². The van der Waals surface area contributed by atoms with Gasteiger partial charge >= 0.3 is 0 Å². The molecule has 0 amide bonds. The van der Waals surface area contributed by atoms with Gasteiger partial charge in [-0.2, -0.15) is 5.10 Å². The van der Waals surface area contributed by atoms with E-state index >= 15 is 0 Å². The van der Waals surface area contributed by atoms with Crippen LogP contribution < -0.4 is 5.32 Å². The molecule has 0 fully saturated rings. The third-order valence-corrected chi connectivity index (χ3v) is 3.33. The summed E-state index contributed by atoms with van der Waals surface area (Å²) in [6, 6.07) is 3.91. The molecule has 1 aromatic carbocycles. The van der Waals surface area contributed by atoms with Crippen molar-refractivity contribution in [3.63, 3.8) is 0 Å². The van der Waals surface area contributed by atoms with Gasteiger partial charge in [-0.05, 0) is 26.8 Å². The predicted molar refractivity (Wildman–Crippen MR) is 72.8 cm³/mol. The zero-order valence-electron chi connectivity index (χ0n) is 11.5. The molecular formula is C14H18FN3O. The van der Waals surface area contributed by atoms with E-state index in [2.05, 4.69) is 10.4 Å². The smallest absolute Gasteiger partial charge is 0.126 e. The number of halogens is 1. The van der Waals surface area contributed by atoms with E-state index in [-0.39, 0.29) is 11.8 Å². The second-order valence-corrected chi connectivity index (χ2v) is 4.74. The lowest BCUT2D eigenvalue weighted by atomic mass is 10.1. The summed E-state index contributed by atoms with van der Waals surface area (Å²) in [5.74, 6) is -0.485. The predicted octanol–water partition coefficient (Wildman–Crippen LogP) is 3.05. The van der Waals surface area contributed by atoms with Gasteiger partial charge in [0.25, 0.3) is 0 Å². The second-order valence-electron chi connectivity index (χ2n) is 4.74. The van der Waals surface area contributed by atoms with Crippen molar-refractivity contribution in [3.8, 4) is 5.75 Å². The summed E-state index contributed by atoms with van der Waals surface area (Å²) in [5, 5.41) is 17.4. The van der Waals surface area contributed by atoms with Gasteiger partial charge in [-0.25, -0.2) is 4.39 Å². The molecule has 0 aliphatic rings. The Morgan fingerprint density at radius 3 is 2.58 bits per heavy atom. The van der Waals surface area contributed by atoms with Gasteiger partial charge in [-0.3, -0.25) is 4.68 Å². The Balaban J connectivity index is 2.28. The first-order valence-electron chi connectivity index (χ1n) is 6.15. The average molecular weight is 263 g/mol. The van der Waals surface area contributed by atoms with Crippen LogP contribution in [0.15, 0.2) is 18.2 Å². The summed E-state index contributed by atoms with van der Waals surface area (Å²) in [5.41, 5.74) is 3.52. The third-order valence-electron chi connectivity index (χ3n) is 3.33. The quantitative estimate of drug-likeness (QED) is 0.894. The Bertz CT molecular complexity index is 607. The molecule has 1 atom stereocenters. The molecule has 0 bridgehead atoms. The lowest BCUT2D eigenvalue weighted by Crippen LogP contribution is -2.08. The van der Waals surface area contributed by atoms with E-state index in [1.54, 1.807) is 10.7 Å². The molecule has 2 aromatic rings. The van der Waals surface area contributed by atoms with Gasteiger partial charge < -0.3 is 10.4 Å². The van der Waals surface area contributed by atoms with E-state index in [1.165, 1.54) is 6.07 Å². The standard InChI is InChI=1S/C14H18FN3O/c1-8(12-6-5-11(15)7-13(12)19)16-14-9(2)17-18(4)10(14)3/h5-8,16,19H,1-4H3. The fraction of sp³-hybridized carbons (Fsp3) is 0.357. The van der Waals surface area contributed by atoms with Crippen LogP contribution in [-0.4, -0.2) is 14.9 Å². The summed E-state index contributed by atoms with van der Waals surface area (Å²) in [7, 11) is 1.88. The highest BCUT2D eigenvalue weighted by Crippen LogP contribution is 2.29. The van der Waals surface area contributed by atoms with E-state index in [0.717, 1.165) is 23.1 Å². The van der Waals surface area contributed by atoms with E-state index in [9.17, 15) is 9.50 Å². The maximum atomic E-state index is 13.0. The van der Waals surface area contributed by atoms with Gasteiger partial charge in [0, 0.05) is 18.7 Å². The van der Waals surface area contributed by atoms with E-state index in [1.807, 2.05) is 27.8 Å². The van der Waals surface area contributed by atoms with Gasteiger partial charge in [0.1, 0.15) is 11.6 Å². The minimum atomic E-state index is -0.442. The molecule has 0 aliphatic heterocycles. The van der Waals surface area contributed by atoms with Crippen LogP contribution in [0.5, 0.6) is 5.75 Å². The molecule has 0 saturated carbocycles. The van der Waals surface area contributed by atoms with Crippen LogP contribution in [0, 0.1) is 19.7 Å². The monoisotopic (exact) mass is 263 g/mol. The summed E-state index contributed by atoms with van der Waals surface area (Å²) in [4.78, 5) is 0. The van der Waals surface area contributed by atoms with Crippen molar-refractivity contribution in [1.29, 1.82) is 0 Å². The van der Waals surface area contributed by atoms with Crippen molar-refractivity contribution < 1.29 is 9.50 Å². The average Bonchev–Trinajstić information content (AvgIpc) is 2.56. The summed E-state index contributed by atoms with van der Waals surface area (Å²) in [6.07, 6.45) is 0. The third kappa shape index (κ3) is 2.54. The first-order chi connectivity index (χ1) is 8.90. The lowest BCUT2D eigenvalue weighted by Gasteiger charge is -2.17. The molecule has 0 radical (unpaired) electrons. The summed E-state index contributed by atoms with van der Waals surface area (Å²) in [6.45, 7) is 5.81. The van der Waals surface area contributed by atoms with Crippen LogP contribution >= 0.6 is 0 Å². The fourth-order valence-corrected chi connectivity index (χ4v) is 2.16. The molecule has 2 N–H and O–H groups in total. The number of hydrogen-bond acceptors (Lipinski definition) is 3.